The molecule has 0 atom stereocenters. The molecule has 3 aromatic heterocycles. The van der Waals surface area contributed by atoms with Crippen molar-refractivity contribution in [2.45, 2.75) is 18.5 Å². The molecule has 5 nitrogen and oxygen atoms in total. The summed E-state index contributed by atoms with van der Waals surface area (Å²) < 4.78 is 7.55. The number of para-hydroxylation sites is 1. The Morgan fingerprint density at radius 2 is 1.85 bits per heavy atom. The van der Waals surface area contributed by atoms with Gasteiger partial charge in [0.15, 0.2) is 11.0 Å². The zero-order valence-corrected chi connectivity index (χ0v) is 15.2. The van der Waals surface area contributed by atoms with Gasteiger partial charge >= 0.3 is 0 Å². The molecule has 0 amide bonds. The third-order valence-corrected chi connectivity index (χ3v) is 4.99. The molecular weight excluding hydrogens is 344 g/mol. The Morgan fingerprint density at radius 1 is 1.00 bits per heavy atom. The Kier molecular flexibility index (Phi) is 4.84. The van der Waals surface area contributed by atoms with Gasteiger partial charge in [-0.15, -0.1) is 10.2 Å². The summed E-state index contributed by atoms with van der Waals surface area (Å²) in [6.07, 6.45) is 4.39. The molecule has 0 saturated carbocycles. The third-order valence-electron chi connectivity index (χ3n) is 4.06. The predicted octanol–water partition coefficient (Wildman–Crippen LogP) is 4.57. The van der Waals surface area contributed by atoms with Gasteiger partial charge in [0.05, 0.1) is 11.8 Å². The van der Waals surface area contributed by atoms with Crippen molar-refractivity contribution in [1.29, 1.82) is 0 Å². The van der Waals surface area contributed by atoms with Crippen molar-refractivity contribution in [3.63, 3.8) is 0 Å². The highest BCUT2D eigenvalue weighted by molar-refractivity contribution is 7.99. The zero-order chi connectivity index (χ0) is 17.8. The van der Waals surface area contributed by atoms with Crippen molar-refractivity contribution < 1.29 is 4.42 Å². The van der Waals surface area contributed by atoms with E-state index in [4.69, 9.17) is 4.42 Å². The van der Waals surface area contributed by atoms with E-state index in [0.717, 1.165) is 45.9 Å². The monoisotopic (exact) mass is 362 g/mol. The molecule has 130 valence electrons. The van der Waals surface area contributed by atoms with Crippen molar-refractivity contribution >= 4 is 11.8 Å². The van der Waals surface area contributed by atoms with E-state index >= 15 is 0 Å². The second kappa shape index (κ2) is 7.58. The zero-order valence-electron chi connectivity index (χ0n) is 14.4. The summed E-state index contributed by atoms with van der Waals surface area (Å²) in [5, 5.41) is 9.74. The van der Waals surface area contributed by atoms with Gasteiger partial charge in [-0.2, -0.15) is 0 Å². The fourth-order valence-corrected chi connectivity index (χ4v) is 3.67. The number of nitrogens with zero attached hydrogens (tertiary/aromatic N) is 4. The number of rotatable bonds is 6. The van der Waals surface area contributed by atoms with E-state index in [9.17, 15) is 0 Å². The van der Waals surface area contributed by atoms with E-state index in [-0.39, 0.29) is 0 Å². The molecule has 0 saturated heterocycles. The van der Waals surface area contributed by atoms with Crippen molar-refractivity contribution in [2.75, 3.05) is 5.75 Å². The quantitative estimate of drug-likeness (QED) is 0.470. The van der Waals surface area contributed by atoms with Crippen LogP contribution in [0.15, 0.2) is 76.6 Å². The van der Waals surface area contributed by atoms with Crippen molar-refractivity contribution in [3.8, 4) is 17.1 Å². The van der Waals surface area contributed by atoms with Crippen LogP contribution in [0.1, 0.15) is 11.5 Å². The smallest absolute Gasteiger partial charge is 0.196 e. The highest BCUT2D eigenvalue weighted by Crippen LogP contribution is 2.30. The first kappa shape index (κ1) is 16.6. The number of thioether (sulfide) groups is 1. The summed E-state index contributed by atoms with van der Waals surface area (Å²) in [4.78, 5) is 4.38. The number of hydrogen-bond acceptors (Lipinski definition) is 5. The first-order chi connectivity index (χ1) is 12.8. The molecule has 6 heteroatoms. The summed E-state index contributed by atoms with van der Waals surface area (Å²) in [5.41, 5.74) is 3.07. The van der Waals surface area contributed by atoms with E-state index in [0.29, 0.717) is 0 Å². The Hall–Kier alpha value is -2.86. The number of pyridine rings is 1. The SMILES string of the molecule is Cc1occc1-c1nnc(SCCc2ccccn2)n1-c1ccccc1. The first-order valence-electron chi connectivity index (χ1n) is 8.41. The molecule has 4 aromatic rings. The largest absolute Gasteiger partial charge is 0.469 e. The lowest BCUT2D eigenvalue weighted by atomic mass is 10.2. The van der Waals surface area contributed by atoms with Gasteiger partial charge in [0.2, 0.25) is 0 Å². The summed E-state index contributed by atoms with van der Waals surface area (Å²) in [5.74, 6) is 2.51. The maximum absolute atomic E-state index is 5.46. The van der Waals surface area contributed by atoms with Gasteiger partial charge < -0.3 is 4.42 Å². The van der Waals surface area contributed by atoms with Gasteiger partial charge in [-0.1, -0.05) is 36.0 Å². The van der Waals surface area contributed by atoms with Gasteiger partial charge in [0.25, 0.3) is 0 Å². The Morgan fingerprint density at radius 3 is 2.58 bits per heavy atom. The average molecular weight is 362 g/mol. The summed E-state index contributed by atoms with van der Waals surface area (Å²) in [7, 11) is 0. The van der Waals surface area contributed by atoms with Crippen LogP contribution in [0.5, 0.6) is 0 Å². The minimum atomic E-state index is 0.794. The molecule has 3 heterocycles. The minimum Gasteiger partial charge on any atom is -0.469 e. The molecule has 0 radical (unpaired) electrons. The van der Waals surface area contributed by atoms with E-state index in [1.165, 1.54) is 0 Å². The van der Waals surface area contributed by atoms with Gasteiger partial charge in [-0.3, -0.25) is 9.55 Å². The van der Waals surface area contributed by atoms with Gasteiger partial charge in [-0.05, 0) is 43.7 Å². The van der Waals surface area contributed by atoms with Crippen LogP contribution in [-0.2, 0) is 6.42 Å². The maximum atomic E-state index is 5.46. The fourth-order valence-electron chi connectivity index (χ4n) is 2.76. The molecule has 0 aliphatic heterocycles. The second-order valence-corrected chi connectivity index (χ2v) is 6.85. The van der Waals surface area contributed by atoms with Crippen molar-refractivity contribution in [1.82, 2.24) is 19.7 Å². The van der Waals surface area contributed by atoms with Crippen molar-refractivity contribution in [2.24, 2.45) is 0 Å². The molecule has 0 spiro atoms. The number of furan rings is 1. The summed E-state index contributed by atoms with van der Waals surface area (Å²) >= 11 is 1.68. The first-order valence-corrected chi connectivity index (χ1v) is 9.39. The molecule has 4 rings (SSSR count). The van der Waals surface area contributed by atoms with Crippen LogP contribution in [0.4, 0.5) is 0 Å². The van der Waals surface area contributed by atoms with E-state index < -0.39 is 0 Å². The van der Waals surface area contributed by atoms with Crippen LogP contribution in [0, 0.1) is 6.92 Å². The Labute approximate surface area is 156 Å². The molecule has 0 aliphatic carbocycles. The maximum Gasteiger partial charge on any atom is 0.196 e. The average Bonchev–Trinajstić information content (AvgIpc) is 3.29. The molecule has 1 aromatic carbocycles. The van der Waals surface area contributed by atoms with Gasteiger partial charge in [-0.25, -0.2) is 0 Å². The van der Waals surface area contributed by atoms with Crippen molar-refractivity contribution in [3.05, 3.63) is 78.5 Å². The van der Waals surface area contributed by atoms with Crippen LogP contribution < -0.4 is 0 Å². The summed E-state index contributed by atoms with van der Waals surface area (Å²) in [6.45, 7) is 1.94. The van der Waals surface area contributed by atoms with Crippen LogP contribution in [0.3, 0.4) is 0 Å². The van der Waals surface area contributed by atoms with Crippen LogP contribution in [0.2, 0.25) is 0 Å². The molecule has 26 heavy (non-hydrogen) atoms. The molecule has 0 N–H and O–H groups in total. The molecule has 0 unspecified atom stereocenters. The standard InChI is InChI=1S/C20H18N4OS/c1-15-18(10-13-25-15)19-22-23-20(24(19)17-8-3-2-4-9-17)26-14-11-16-7-5-6-12-21-16/h2-10,12-13H,11,14H2,1H3. The lowest BCUT2D eigenvalue weighted by molar-refractivity contribution is 0.535. The molecular formula is C20H18N4OS. The lowest BCUT2D eigenvalue weighted by Crippen LogP contribution is -2.00. The van der Waals surface area contributed by atoms with E-state index in [1.807, 2.05) is 55.6 Å². The van der Waals surface area contributed by atoms with Crippen LogP contribution in [0.25, 0.3) is 17.1 Å². The van der Waals surface area contributed by atoms with Crippen LogP contribution >= 0.6 is 11.8 Å². The number of aromatic nitrogens is 4. The second-order valence-electron chi connectivity index (χ2n) is 5.79. The van der Waals surface area contributed by atoms with Gasteiger partial charge in [0, 0.05) is 23.3 Å². The Balaban J connectivity index is 1.64. The normalized spacial score (nSPS) is 11.0. The fraction of sp³-hybridized carbons (Fsp3) is 0.150. The predicted molar refractivity (Wildman–Crippen MR) is 102 cm³/mol. The van der Waals surface area contributed by atoms with E-state index in [2.05, 4.69) is 31.9 Å². The number of benzene rings is 1. The topological polar surface area (TPSA) is 56.7 Å². The lowest BCUT2D eigenvalue weighted by Gasteiger charge is -2.09. The highest BCUT2D eigenvalue weighted by atomic mass is 32.2. The number of hydrogen-bond donors (Lipinski definition) is 0. The summed E-state index contributed by atoms with van der Waals surface area (Å²) in [6, 6.07) is 18.1. The number of aryl methyl sites for hydroxylation is 2. The highest BCUT2D eigenvalue weighted by Gasteiger charge is 2.18. The molecule has 0 bridgehead atoms. The van der Waals surface area contributed by atoms with Crippen LogP contribution in [-0.4, -0.2) is 25.5 Å². The Bertz CT molecular complexity index is 979. The minimum absolute atomic E-state index is 0.794. The molecule has 0 aliphatic rings. The van der Waals surface area contributed by atoms with E-state index in [1.54, 1.807) is 18.0 Å². The third kappa shape index (κ3) is 3.41. The van der Waals surface area contributed by atoms with Gasteiger partial charge in [0.1, 0.15) is 5.76 Å². The molecule has 0 fully saturated rings.